The number of nitrogens with zero attached hydrogens (tertiary/aromatic N) is 1. The molecule has 0 radical (unpaired) electrons. The molecule has 0 aliphatic rings. The molecule has 1 heterocycles. The largest absolute Gasteiger partial charge is 0.258 e. The quantitative estimate of drug-likeness (QED) is 0.655. The van der Waals surface area contributed by atoms with Crippen LogP contribution in [0.25, 0.3) is 10.8 Å². The highest BCUT2D eigenvalue weighted by molar-refractivity contribution is 7.59. The lowest BCUT2D eigenvalue weighted by Crippen LogP contribution is -1.86. The Bertz CT molecular complexity index is 424. The molecular weight excluding hydrogens is 202 g/mol. The summed E-state index contributed by atoms with van der Waals surface area (Å²) in [5.74, 6) is 0. The maximum atomic E-state index is 4.40. The van der Waals surface area contributed by atoms with Gasteiger partial charge in [-0.15, -0.1) is 0 Å². The fourth-order valence-corrected chi connectivity index (χ4v) is 1.53. The zero-order chi connectivity index (χ0) is 10.6. The highest BCUT2D eigenvalue weighted by Gasteiger charge is 1.97. The third-order valence-corrected chi connectivity index (χ3v) is 2.06. The van der Waals surface area contributed by atoms with Crippen molar-refractivity contribution in [1.82, 2.24) is 4.98 Å². The van der Waals surface area contributed by atoms with Crippen molar-refractivity contribution in [2.75, 3.05) is 0 Å². The number of benzene rings is 1. The average Bonchev–Trinajstić information content (AvgIpc) is 2.20. The predicted molar refractivity (Wildman–Crippen MR) is 72.9 cm³/mol. The van der Waals surface area contributed by atoms with Gasteiger partial charge in [0.15, 0.2) is 0 Å². The summed E-state index contributed by atoms with van der Waals surface area (Å²) in [6, 6.07) is 10.4. The van der Waals surface area contributed by atoms with Crippen LogP contribution in [0, 0.1) is 13.8 Å². The Balaban J connectivity index is 0.000000617. The molecule has 0 bridgehead atoms. The van der Waals surface area contributed by atoms with Crippen LogP contribution in [0.15, 0.2) is 30.3 Å². The maximum absolute atomic E-state index is 4.40. The third kappa shape index (κ3) is 3.24. The summed E-state index contributed by atoms with van der Waals surface area (Å²) in [6.07, 6.45) is 0. The van der Waals surface area contributed by atoms with Gasteiger partial charge in [-0.05, 0) is 25.3 Å². The summed E-state index contributed by atoms with van der Waals surface area (Å²) in [4.78, 5) is 4.40. The molecule has 0 unspecified atom stereocenters. The first-order valence-corrected chi connectivity index (χ1v) is 5.10. The van der Waals surface area contributed by atoms with Crippen LogP contribution < -0.4 is 0 Å². The van der Waals surface area contributed by atoms with Gasteiger partial charge in [0.05, 0.1) is 0 Å². The first-order valence-electron chi connectivity index (χ1n) is 5.10. The lowest BCUT2D eigenvalue weighted by molar-refractivity contribution is 1.15. The summed E-state index contributed by atoms with van der Waals surface area (Å²) in [6.45, 7) is 8.08. The number of aryl methyl sites for hydroxylation is 2. The van der Waals surface area contributed by atoms with E-state index in [-0.39, 0.29) is 13.5 Å². The minimum absolute atomic E-state index is 0. The molecule has 0 fully saturated rings. The van der Waals surface area contributed by atoms with E-state index in [1.807, 2.05) is 26.8 Å². The lowest BCUT2D eigenvalue weighted by atomic mass is 10.1. The molecule has 82 valence electrons. The second-order valence-electron chi connectivity index (χ2n) is 3.07. The highest BCUT2D eigenvalue weighted by Crippen LogP contribution is 2.16. The molecule has 2 rings (SSSR count). The van der Waals surface area contributed by atoms with Crippen LogP contribution in [-0.2, 0) is 0 Å². The Labute approximate surface area is 99.0 Å². The van der Waals surface area contributed by atoms with E-state index in [9.17, 15) is 0 Å². The highest BCUT2D eigenvalue weighted by atomic mass is 32.1. The van der Waals surface area contributed by atoms with Gasteiger partial charge in [0, 0.05) is 16.8 Å². The normalized spacial score (nSPS) is 8.80. The average molecular weight is 221 g/mol. The molecule has 2 aromatic rings. The molecule has 1 nitrogen and oxygen atoms in total. The zero-order valence-corrected chi connectivity index (χ0v) is 10.8. The monoisotopic (exact) mass is 221 g/mol. The minimum atomic E-state index is 0. The molecule has 1 aromatic carbocycles. The summed E-state index contributed by atoms with van der Waals surface area (Å²) >= 11 is 0. The van der Waals surface area contributed by atoms with E-state index < -0.39 is 0 Å². The molecule has 0 N–H and O–H groups in total. The van der Waals surface area contributed by atoms with Crippen LogP contribution in [0.1, 0.15) is 25.2 Å². The Morgan fingerprint density at radius 3 is 2.27 bits per heavy atom. The Hall–Kier alpha value is -1.02. The molecule has 0 atom stereocenters. The van der Waals surface area contributed by atoms with Gasteiger partial charge in [-0.1, -0.05) is 38.1 Å². The van der Waals surface area contributed by atoms with Gasteiger partial charge in [0.25, 0.3) is 0 Å². The second kappa shape index (κ2) is 6.46. The fourth-order valence-electron chi connectivity index (χ4n) is 1.53. The van der Waals surface area contributed by atoms with Crippen LogP contribution >= 0.6 is 13.5 Å². The van der Waals surface area contributed by atoms with Crippen molar-refractivity contribution in [3.05, 3.63) is 41.7 Å². The molecule has 1 aromatic heterocycles. The Morgan fingerprint density at radius 2 is 1.60 bits per heavy atom. The van der Waals surface area contributed by atoms with Gasteiger partial charge in [0.1, 0.15) is 0 Å². The number of fused-ring (bicyclic) bond motifs is 1. The van der Waals surface area contributed by atoms with Gasteiger partial charge < -0.3 is 0 Å². The second-order valence-corrected chi connectivity index (χ2v) is 3.07. The first kappa shape index (κ1) is 14.0. The van der Waals surface area contributed by atoms with Crippen molar-refractivity contribution in [3.8, 4) is 0 Å². The van der Waals surface area contributed by atoms with E-state index in [1.54, 1.807) is 0 Å². The molecule has 0 saturated carbocycles. The van der Waals surface area contributed by atoms with E-state index in [2.05, 4.69) is 36.2 Å². The van der Waals surface area contributed by atoms with E-state index in [4.69, 9.17) is 0 Å². The van der Waals surface area contributed by atoms with Gasteiger partial charge in [-0.2, -0.15) is 13.5 Å². The zero-order valence-electron chi connectivity index (χ0n) is 9.83. The minimum Gasteiger partial charge on any atom is -0.258 e. The number of rotatable bonds is 0. The number of aromatic nitrogens is 1. The number of hydrogen-bond acceptors (Lipinski definition) is 1. The number of pyridine rings is 1. The van der Waals surface area contributed by atoms with Crippen molar-refractivity contribution in [3.63, 3.8) is 0 Å². The molecule has 0 saturated heterocycles. The molecule has 2 heteroatoms. The fraction of sp³-hybridized carbons (Fsp3) is 0.308. The Morgan fingerprint density at radius 1 is 1.00 bits per heavy atom. The topological polar surface area (TPSA) is 12.9 Å². The van der Waals surface area contributed by atoms with Crippen LogP contribution in [0.4, 0.5) is 0 Å². The van der Waals surface area contributed by atoms with E-state index in [1.165, 1.54) is 10.8 Å². The van der Waals surface area contributed by atoms with Crippen molar-refractivity contribution in [2.45, 2.75) is 27.7 Å². The first-order chi connectivity index (χ1) is 6.77. The summed E-state index contributed by atoms with van der Waals surface area (Å²) < 4.78 is 0. The Kier molecular flexibility index (Phi) is 6.02. The van der Waals surface area contributed by atoms with Crippen molar-refractivity contribution in [1.29, 1.82) is 0 Å². The maximum Gasteiger partial charge on any atom is 0.0454 e. The summed E-state index contributed by atoms with van der Waals surface area (Å²) in [7, 11) is 0. The summed E-state index contributed by atoms with van der Waals surface area (Å²) in [5.41, 5.74) is 2.21. The van der Waals surface area contributed by atoms with Crippen molar-refractivity contribution in [2.24, 2.45) is 0 Å². The van der Waals surface area contributed by atoms with Crippen LogP contribution in [0.5, 0.6) is 0 Å². The molecule has 0 amide bonds. The molecule has 0 spiro atoms. The molecule has 0 aliphatic carbocycles. The third-order valence-electron chi connectivity index (χ3n) is 2.06. The van der Waals surface area contributed by atoms with Crippen molar-refractivity contribution < 1.29 is 0 Å². The SMILES string of the molecule is CC.Cc1cc2ccccc2c(C)n1.S. The van der Waals surface area contributed by atoms with E-state index in [0.717, 1.165) is 11.4 Å². The van der Waals surface area contributed by atoms with E-state index in [0.29, 0.717) is 0 Å². The molecule has 0 aliphatic heterocycles. The van der Waals surface area contributed by atoms with Crippen LogP contribution in [-0.4, -0.2) is 4.98 Å². The van der Waals surface area contributed by atoms with Crippen molar-refractivity contribution >= 4 is 24.3 Å². The smallest absolute Gasteiger partial charge is 0.0454 e. The molecular formula is C13H19NS. The van der Waals surface area contributed by atoms with E-state index >= 15 is 0 Å². The molecule has 15 heavy (non-hydrogen) atoms. The van der Waals surface area contributed by atoms with Gasteiger partial charge >= 0.3 is 0 Å². The van der Waals surface area contributed by atoms with Gasteiger partial charge in [-0.3, -0.25) is 4.98 Å². The number of hydrogen-bond donors (Lipinski definition) is 0. The summed E-state index contributed by atoms with van der Waals surface area (Å²) in [5, 5.41) is 2.53. The van der Waals surface area contributed by atoms with Crippen LogP contribution in [0.3, 0.4) is 0 Å². The standard InChI is InChI=1S/C11H11N.C2H6.H2S/c1-8-7-10-5-3-4-6-11(10)9(2)12-8;1-2;/h3-7H,1-2H3;1-2H3;1H2. The van der Waals surface area contributed by atoms with Gasteiger partial charge in [-0.25, -0.2) is 0 Å². The lowest BCUT2D eigenvalue weighted by Gasteiger charge is -2.01. The predicted octanol–water partition coefficient (Wildman–Crippen LogP) is 3.99. The van der Waals surface area contributed by atoms with Crippen LogP contribution in [0.2, 0.25) is 0 Å². The van der Waals surface area contributed by atoms with Gasteiger partial charge in [0.2, 0.25) is 0 Å².